The highest BCUT2D eigenvalue weighted by Gasteiger charge is 2.38. The summed E-state index contributed by atoms with van der Waals surface area (Å²) >= 11 is 0. The van der Waals surface area contributed by atoms with Crippen LogP contribution in [0, 0.1) is 17.8 Å². The Morgan fingerprint density at radius 3 is 2.27 bits per heavy atom. The molecule has 3 atom stereocenters. The van der Waals surface area contributed by atoms with E-state index in [0.717, 1.165) is 12.8 Å². The van der Waals surface area contributed by atoms with Crippen molar-refractivity contribution >= 4 is 11.9 Å². The van der Waals surface area contributed by atoms with Crippen LogP contribution in [0.25, 0.3) is 0 Å². The van der Waals surface area contributed by atoms with E-state index in [-0.39, 0.29) is 5.92 Å². The smallest absolute Gasteiger partial charge is 0.307 e. The molecule has 0 saturated heterocycles. The van der Waals surface area contributed by atoms with E-state index in [9.17, 15) is 9.59 Å². The van der Waals surface area contributed by atoms with E-state index in [2.05, 4.69) is 6.58 Å². The predicted octanol–water partition coefficient (Wildman–Crippen LogP) is 1.76. The summed E-state index contributed by atoms with van der Waals surface area (Å²) in [6, 6.07) is 0. The Hall–Kier alpha value is -1.32. The minimum absolute atomic E-state index is 0.277. The van der Waals surface area contributed by atoms with Crippen molar-refractivity contribution < 1.29 is 19.8 Å². The number of aliphatic carboxylic acids is 2. The fraction of sp³-hybridized carbons (Fsp3) is 0.636. The first-order chi connectivity index (χ1) is 7.06. The van der Waals surface area contributed by atoms with E-state index in [0.29, 0.717) is 12.8 Å². The molecule has 1 fully saturated rings. The molecule has 1 aliphatic rings. The van der Waals surface area contributed by atoms with Crippen LogP contribution in [-0.2, 0) is 9.59 Å². The largest absolute Gasteiger partial charge is 0.481 e. The van der Waals surface area contributed by atoms with Crippen molar-refractivity contribution in [1.82, 2.24) is 0 Å². The Morgan fingerprint density at radius 2 is 1.80 bits per heavy atom. The number of carboxylic acid groups (broad SMARTS) is 2. The highest BCUT2D eigenvalue weighted by Crippen LogP contribution is 2.36. The molecular weight excluding hydrogens is 196 g/mol. The molecule has 0 aromatic carbocycles. The zero-order valence-corrected chi connectivity index (χ0v) is 8.56. The molecule has 15 heavy (non-hydrogen) atoms. The van der Waals surface area contributed by atoms with Crippen molar-refractivity contribution in [1.29, 1.82) is 0 Å². The van der Waals surface area contributed by atoms with Crippen molar-refractivity contribution in [2.75, 3.05) is 0 Å². The Labute approximate surface area is 88.6 Å². The van der Waals surface area contributed by atoms with Gasteiger partial charge in [-0.1, -0.05) is 6.08 Å². The number of hydrogen-bond donors (Lipinski definition) is 2. The minimum Gasteiger partial charge on any atom is -0.481 e. The van der Waals surface area contributed by atoms with Gasteiger partial charge in [-0.15, -0.1) is 6.58 Å². The predicted molar refractivity (Wildman–Crippen MR) is 54.4 cm³/mol. The van der Waals surface area contributed by atoms with Gasteiger partial charge in [-0.05, 0) is 31.6 Å². The third kappa shape index (κ3) is 2.81. The second-order valence-electron chi connectivity index (χ2n) is 4.09. The summed E-state index contributed by atoms with van der Waals surface area (Å²) in [6.07, 6.45) is 4.25. The highest BCUT2D eigenvalue weighted by molar-refractivity contribution is 5.80. The maximum atomic E-state index is 10.9. The summed E-state index contributed by atoms with van der Waals surface area (Å²) in [5.41, 5.74) is 0. The van der Waals surface area contributed by atoms with Crippen molar-refractivity contribution in [3.63, 3.8) is 0 Å². The van der Waals surface area contributed by atoms with E-state index in [1.165, 1.54) is 0 Å². The van der Waals surface area contributed by atoms with Crippen LogP contribution < -0.4 is 0 Å². The van der Waals surface area contributed by atoms with Gasteiger partial charge in [0.1, 0.15) is 0 Å². The van der Waals surface area contributed by atoms with Gasteiger partial charge in [-0.2, -0.15) is 0 Å². The molecule has 0 aromatic heterocycles. The van der Waals surface area contributed by atoms with Crippen LogP contribution in [-0.4, -0.2) is 22.2 Å². The van der Waals surface area contributed by atoms with Crippen molar-refractivity contribution in [2.24, 2.45) is 17.8 Å². The molecule has 0 amide bonds. The van der Waals surface area contributed by atoms with Crippen LogP contribution in [0.1, 0.15) is 25.7 Å². The first-order valence-electron chi connectivity index (χ1n) is 5.12. The first-order valence-corrected chi connectivity index (χ1v) is 5.12. The van der Waals surface area contributed by atoms with E-state index < -0.39 is 23.8 Å². The molecule has 1 saturated carbocycles. The summed E-state index contributed by atoms with van der Waals surface area (Å²) < 4.78 is 0. The molecule has 4 nitrogen and oxygen atoms in total. The third-order valence-electron chi connectivity index (χ3n) is 3.09. The molecule has 2 N–H and O–H groups in total. The van der Waals surface area contributed by atoms with E-state index in [1.807, 2.05) is 0 Å². The highest BCUT2D eigenvalue weighted by atomic mass is 16.4. The molecule has 0 radical (unpaired) electrons. The lowest BCUT2D eigenvalue weighted by Crippen LogP contribution is -2.35. The molecule has 1 aliphatic carbocycles. The van der Waals surface area contributed by atoms with Gasteiger partial charge in [0.2, 0.25) is 0 Å². The van der Waals surface area contributed by atoms with Gasteiger partial charge >= 0.3 is 11.9 Å². The van der Waals surface area contributed by atoms with E-state index in [4.69, 9.17) is 10.2 Å². The standard InChI is InChI=1S/C11H16O4/c1-2-3-7-4-5-8(10(12)13)9(6-7)11(14)15/h2,7-9H,1,3-6H2,(H,12,13)(H,14,15). The van der Waals surface area contributed by atoms with Gasteiger partial charge in [0, 0.05) is 0 Å². The summed E-state index contributed by atoms with van der Waals surface area (Å²) in [7, 11) is 0. The summed E-state index contributed by atoms with van der Waals surface area (Å²) in [5, 5.41) is 17.8. The molecule has 0 aliphatic heterocycles. The molecule has 3 unspecified atom stereocenters. The lowest BCUT2D eigenvalue weighted by Gasteiger charge is -2.30. The summed E-state index contributed by atoms with van der Waals surface area (Å²) in [4.78, 5) is 21.8. The zero-order valence-electron chi connectivity index (χ0n) is 8.56. The molecular formula is C11H16O4. The third-order valence-corrected chi connectivity index (χ3v) is 3.09. The van der Waals surface area contributed by atoms with Crippen LogP contribution >= 0.6 is 0 Å². The normalized spacial score (nSPS) is 30.8. The maximum absolute atomic E-state index is 10.9. The number of hydrogen-bond acceptors (Lipinski definition) is 2. The average molecular weight is 212 g/mol. The van der Waals surface area contributed by atoms with Crippen LogP contribution in [0.2, 0.25) is 0 Å². The van der Waals surface area contributed by atoms with Crippen LogP contribution in [0.15, 0.2) is 12.7 Å². The van der Waals surface area contributed by atoms with Crippen molar-refractivity contribution in [3.8, 4) is 0 Å². The number of allylic oxidation sites excluding steroid dienone is 1. The van der Waals surface area contributed by atoms with Gasteiger partial charge in [0.15, 0.2) is 0 Å². The van der Waals surface area contributed by atoms with Crippen LogP contribution in [0.3, 0.4) is 0 Å². The Balaban J connectivity index is 2.69. The van der Waals surface area contributed by atoms with Gasteiger partial charge in [0.25, 0.3) is 0 Å². The Kier molecular flexibility index (Phi) is 3.88. The van der Waals surface area contributed by atoms with E-state index >= 15 is 0 Å². The second-order valence-corrected chi connectivity index (χ2v) is 4.09. The second kappa shape index (κ2) is 4.96. The van der Waals surface area contributed by atoms with Gasteiger partial charge in [-0.3, -0.25) is 9.59 Å². The molecule has 0 aromatic rings. The number of carbonyl (C=O) groups is 2. The average Bonchev–Trinajstić information content (AvgIpc) is 2.17. The van der Waals surface area contributed by atoms with Crippen molar-refractivity contribution in [2.45, 2.75) is 25.7 Å². The molecule has 84 valence electrons. The van der Waals surface area contributed by atoms with Crippen LogP contribution in [0.5, 0.6) is 0 Å². The zero-order chi connectivity index (χ0) is 11.4. The monoisotopic (exact) mass is 212 g/mol. The number of carboxylic acids is 2. The fourth-order valence-electron chi connectivity index (χ4n) is 2.28. The topological polar surface area (TPSA) is 74.6 Å². The molecule has 0 spiro atoms. The lowest BCUT2D eigenvalue weighted by atomic mass is 9.73. The van der Waals surface area contributed by atoms with Crippen molar-refractivity contribution in [3.05, 3.63) is 12.7 Å². The van der Waals surface area contributed by atoms with Gasteiger partial charge < -0.3 is 10.2 Å². The first kappa shape index (κ1) is 11.8. The molecule has 4 heteroatoms. The lowest BCUT2D eigenvalue weighted by molar-refractivity contribution is -0.156. The molecule has 0 bridgehead atoms. The SMILES string of the molecule is C=CCC1CCC(C(=O)O)C(C(=O)O)C1. The summed E-state index contributed by atoms with van der Waals surface area (Å²) in [6.45, 7) is 3.62. The Morgan fingerprint density at radius 1 is 1.20 bits per heavy atom. The minimum atomic E-state index is -0.990. The Bertz CT molecular complexity index is 272. The van der Waals surface area contributed by atoms with Gasteiger partial charge in [-0.25, -0.2) is 0 Å². The number of rotatable bonds is 4. The maximum Gasteiger partial charge on any atom is 0.307 e. The van der Waals surface area contributed by atoms with E-state index in [1.54, 1.807) is 6.08 Å². The summed E-state index contributed by atoms with van der Waals surface area (Å²) in [5.74, 6) is -3.15. The van der Waals surface area contributed by atoms with Gasteiger partial charge in [0.05, 0.1) is 11.8 Å². The molecule has 0 heterocycles. The quantitative estimate of drug-likeness (QED) is 0.696. The fourth-order valence-corrected chi connectivity index (χ4v) is 2.28. The molecule has 1 rings (SSSR count). The van der Waals surface area contributed by atoms with Crippen LogP contribution in [0.4, 0.5) is 0 Å².